The smallest absolute Gasteiger partial charge is 0.251 e. The van der Waals surface area contributed by atoms with Crippen LogP contribution in [0.5, 0.6) is 0 Å². The van der Waals surface area contributed by atoms with E-state index in [1.54, 1.807) is 18.2 Å². The lowest BCUT2D eigenvalue weighted by atomic mass is 10.0. The molecule has 0 saturated carbocycles. The van der Waals surface area contributed by atoms with E-state index in [1.807, 2.05) is 26.0 Å². The lowest BCUT2D eigenvalue weighted by molar-refractivity contribution is 0.0939. The number of amides is 1. The summed E-state index contributed by atoms with van der Waals surface area (Å²) >= 11 is 0. The molecule has 5 nitrogen and oxygen atoms in total. The fourth-order valence-corrected chi connectivity index (χ4v) is 5.09. The summed E-state index contributed by atoms with van der Waals surface area (Å²) in [5.74, 6) is 0.269. The third kappa shape index (κ3) is 4.87. The first-order chi connectivity index (χ1) is 13.7. The van der Waals surface area contributed by atoms with Crippen LogP contribution >= 0.6 is 0 Å². The van der Waals surface area contributed by atoms with Crippen LogP contribution in [0.3, 0.4) is 0 Å². The van der Waals surface area contributed by atoms with Crippen molar-refractivity contribution >= 4 is 15.9 Å². The van der Waals surface area contributed by atoms with Crippen molar-refractivity contribution in [3.63, 3.8) is 0 Å². The van der Waals surface area contributed by atoms with Crippen LogP contribution in [0.15, 0.2) is 47.4 Å². The Hall–Kier alpha value is -2.18. The van der Waals surface area contributed by atoms with Crippen molar-refractivity contribution in [2.45, 2.75) is 51.5 Å². The molecule has 0 radical (unpaired) electrons. The number of carbonyl (C=O) groups is 1. The summed E-state index contributed by atoms with van der Waals surface area (Å²) in [6.07, 6.45) is 1.74. The van der Waals surface area contributed by atoms with E-state index >= 15 is 0 Å². The second kappa shape index (κ2) is 8.67. The number of piperidine rings is 1. The van der Waals surface area contributed by atoms with Gasteiger partial charge in [0.1, 0.15) is 0 Å². The Labute approximate surface area is 174 Å². The van der Waals surface area contributed by atoms with Gasteiger partial charge in [-0.25, -0.2) is 8.42 Å². The number of benzene rings is 2. The van der Waals surface area contributed by atoms with Gasteiger partial charge in [-0.3, -0.25) is 4.79 Å². The Morgan fingerprint density at radius 3 is 2.41 bits per heavy atom. The van der Waals surface area contributed by atoms with Crippen LogP contribution in [-0.2, 0) is 10.0 Å². The molecule has 0 aromatic heterocycles. The summed E-state index contributed by atoms with van der Waals surface area (Å²) in [5, 5.41) is 2.98. The lowest BCUT2D eigenvalue weighted by Gasteiger charge is -2.29. The average molecular weight is 415 g/mol. The molecule has 1 atom stereocenters. The zero-order valence-corrected chi connectivity index (χ0v) is 18.4. The molecule has 1 heterocycles. The highest BCUT2D eigenvalue weighted by Crippen LogP contribution is 2.24. The van der Waals surface area contributed by atoms with Crippen LogP contribution < -0.4 is 5.32 Å². The molecule has 2 aromatic carbocycles. The molecule has 1 N–H and O–H groups in total. The zero-order valence-electron chi connectivity index (χ0n) is 17.6. The van der Waals surface area contributed by atoms with Crippen molar-refractivity contribution in [2.24, 2.45) is 5.92 Å². The Morgan fingerprint density at radius 1 is 1.07 bits per heavy atom. The molecule has 1 unspecified atom stereocenters. The van der Waals surface area contributed by atoms with Crippen LogP contribution in [0, 0.1) is 19.8 Å². The maximum absolute atomic E-state index is 13.0. The van der Waals surface area contributed by atoms with Gasteiger partial charge in [-0.2, -0.15) is 4.31 Å². The molecule has 3 rings (SSSR count). The van der Waals surface area contributed by atoms with Gasteiger partial charge in [0.05, 0.1) is 10.9 Å². The first-order valence-electron chi connectivity index (χ1n) is 10.2. The number of hydrogen-bond acceptors (Lipinski definition) is 3. The van der Waals surface area contributed by atoms with Gasteiger partial charge in [0.25, 0.3) is 5.91 Å². The Bertz CT molecular complexity index is 993. The molecule has 0 aliphatic carbocycles. The van der Waals surface area contributed by atoms with Crippen molar-refractivity contribution in [3.05, 3.63) is 64.7 Å². The minimum Gasteiger partial charge on any atom is -0.346 e. The van der Waals surface area contributed by atoms with Crippen molar-refractivity contribution in [1.29, 1.82) is 0 Å². The van der Waals surface area contributed by atoms with Crippen LogP contribution in [-0.4, -0.2) is 31.7 Å². The zero-order chi connectivity index (χ0) is 21.2. The molecule has 1 saturated heterocycles. The number of hydrogen-bond donors (Lipinski definition) is 1. The summed E-state index contributed by atoms with van der Waals surface area (Å²) in [6, 6.07) is 12.3. The number of aryl methyl sites for hydroxylation is 2. The number of carbonyl (C=O) groups excluding carboxylic acids is 1. The topological polar surface area (TPSA) is 66.5 Å². The molecule has 156 valence electrons. The van der Waals surface area contributed by atoms with Gasteiger partial charge < -0.3 is 5.32 Å². The van der Waals surface area contributed by atoms with Crippen LogP contribution in [0.25, 0.3) is 0 Å². The molecule has 6 heteroatoms. The number of sulfonamides is 1. The van der Waals surface area contributed by atoms with Gasteiger partial charge in [0.2, 0.25) is 10.0 Å². The normalized spacial score (nSPS) is 17.1. The van der Waals surface area contributed by atoms with Crippen molar-refractivity contribution in [3.8, 4) is 0 Å². The fourth-order valence-electron chi connectivity index (χ4n) is 3.57. The minimum absolute atomic E-state index is 0.175. The van der Waals surface area contributed by atoms with Crippen LogP contribution in [0.2, 0.25) is 0 Å². The Balaban J connectivity index is 1.76. The second-order valence-electron chi connectivity index (χ2n) is 8.15. The van der Waals surface area contributed by atoms with Crippen molar-refractivity contribution in [1.82, 2.24) is 9.62 Å². The summed E-state index contributed by atoms with van der Waals surface area (Å²) in [7, 11) is -3.58. The predicted octanol–water partition coefficient (Wildman–Crippen LogP) is 4.22. The summed E-state index contributed by atoms with van der Waals surface area (Å²) in [4.78, 5) is 12.9. The molecule has 29 heavy (non-hydrogen) atoms. The van der Waals surface area contributed by atoms with E-state index in [0.717, 1.165) is 18.4 Å². The van der Waals surface area contributed by atoms with Gasteiger partial charge in [0, 0.05) is 18.7 Å². The molecule has 1 fully saturated rings. The summed E-state index contributed by atoms with van der Waals surface area (Å²) in [6.45, 7) is 9.23. The molecular formula is C23H30N2O3S. The molecule has 1 aliphatic heterocycles. The van der Waals surface area contributed by atoms with Gasteiger partial charge >= 0.3 is 0 Å². The van der Waals surface area contributed by atoms with E-state index < -0.39 is 10.0 Å². The standard InChI is InChI=1S/C23H30N2O3S/c1-16-10-12-25(13-11-16)29(27,28)22-7-5-6-21(15-22)23(26)24-19(4)20-9-8-17(2)18(3)14-20/h5-9,14-16,19H,10-13H2,1-4H3,(H,24,26). The number of nitrogens with zero attached hydrogens (tertiary/aromatic N) is 1. The molecule has 2 aromatic rings. The van der Waals surface area contributed by atoms with Crippen molar-refractivity contribution in [2.75, 3.05) is 13.1 Å². The Morgan fingerprint density at radius 2 is 1.76 bits per heavy atom. The highest BCUT2D eigenvalue weighted by atomic mass is 32.2. The largest absolute Gasteiger partial charge is 0.346 e. The SMILES string of the molecule is Cc1ccc(C(C)NC(=O)c2cccc(S(=O)(=O)N3CCC(C)CC3)c2)cc1C. The Kier molecular flexibility index (Phi) is 6.44. The maximum atomic E-state index is 13.0. The van der Waals surface area contributed by atoms with Gasteiger partial charge in [-0.05, 0) is 74.4 Å². The highest BCUT2D eigenvalue weighted by molar-refractivity contribution is 7.89. The third-order valence-electron chi connectivity index (χ3n) is 5.86. The van der Waals surface area contributed by atoms with E-state index in [2.05, 4.69) is 25.2 Å². The van der Waals surface area contributed by atoms with Crippen LogP contribution in [0.1, 0.15) is 59.8 Å². The van der Waals surface area contributed by atoms with E-state index in [0.29, 0.717) is 24.6 Å². The van der Waals surface area contributed by atoms with E-state index in [-0.39, 0.29) is 16.8 Å². The fraction of sp³-hybridized carbons (Fsp3) is 0.435. The molecule has 1 amide bonds. The first kappa shape index (κ1) is 21.5. The first-order valence-corrected chi connectivity index (χ1v) is 11.6. The number of nitrogens with one attached hydrogen (secondary N) is 1. The molecule has 0 bridgehead atoms. The summed E-state index contributed by atoms with van der Waals surface area (Å²) < 4.78 is 27.5. The molecule has 0 spiro atoms. The van der Waals surface area contributed by atoms with E-state index in [1.165, 1.54) is 21.5 Å². The average Bonchev–Trinajstić information content (AvgIpc) is 2.70. The highest BCUT2D eigenvalue weighted by Gasteiger charge is 2.28. The lowest BCUT2D eigenvalue weighted by Crippen LogP contribution is -2.38. The van der Waals surface area contributed by atoms with Crippen LogP contribution in [0.4, 0.5) is 0 Å². The van der Waals surface area contributed by atoms with E-state index in [4.69, 9.17) is 0 Å². The molecule has 1 aliphatic rings. The number of rotatable bonds is 5. The second-order valence-corrected chi connectivity index (χ2v) is 10.1. The minimum atomic E-state index is -3.58. The third-order valence-corrected chi connectivity index (χ3v) is 7.75. The van der Waals surface area contributed by atoms with Gasteiger partial charge in [-0.1, -0.05) is 31.2 Å². The van der Waals surface area contributed by atoms with Crippen molar-refractivity contribution < 1.29 is 13.2 Å². The maximum Gasteiger partial charge on any atom is 0.251 e. The monoisotopic (exact) mass is 414 g/mol. The van der Waals surface area contributed by atoms with Gasteiger partial charge in [-0.15, -0.1) is 0 Å². The van der Waals surface area contributed by atoms with Gasteiger partial charge in [0.15, 0.2) is 0 Å². The molecular weight excluding hydrogens is 384 g/mol. The predicted molar refractivity (Wildman–Crippen MR) is 115 cm³/mol. The van der Waals surface area contributed by atoms with E-state index in [9.17, 15) is 13.2 Å². The summed E-state index contributed by atoms with van der Waals surface area (Å²) in [5.41, 5.74) is 3.75. The quantitative estimate of drug-likeness (QED) is 0.797.